The summed E-state index contributed by atoms with van der Waals surface area (Å²) in [5, 5.41) is 5.87. The van der Waals surface area contributed by atoms with Gasteiger partial charge in [0.05, 0.1) is 11.6 Å². The molecule has 4 rings (SSSR count). The van der Waals surface area contributed by atoms with Gasteiger partial charge in [0.15, 0.2) is 0 Å². The van der Waals surface area contributed by atoms with E-state index in [1.807, 2.05) is 0 Å². The average Bonchev–Trinajstić information content (AvgIpc) is 3.10. The first-order chi connectivity index (χ1) is 16.2. The number of nitrogens with zero attached hydrogens (tertiary/aromatic N) is 2. The fourth-order valence-electron chi connectivity index (χ4n) is 5.74. The summed E-state index contributed by atoms with van der Waals surface area (Å²) in [7, 11) is 1.72. The van der Waals surface area contributed by atoms with E-state index >= 15 is 0 Å². The minimum absolute atomic E-state index is 0.0382. The van der Waals surface area contributed by atoms with Crippen molar-refractivity contribution in [2.45, 2.75) is 75.8 Å². The highest BCUT2D eigenvalue weighted by Crippen LogP contribution is 2.40. The van der Waals surface area contributed by atoms with Gasteiger partial charge >= 0.3 is 6.18 Å². The van der Waals surface area contributed by atoms with Crippen molar-refractivity contribution in [3.05, 3.63) is 35.4 Å². The second-order valence-electron chi connectivity index (χ2n) is 10.00. The van der Waals surface area contributed by atoms with E-state index in [0.29, 0.717) is 18.8 Å². The zero-order valence-corrected chi connectivity index (χ0v) is 19.9. The molecule has 9 heteroatoms. The quantitative estimate of drug-likeness (QED) is 0.657. The number of benzene rings is 1. The molecule has 0 aliphatic carbocycles. The maximum absolute atomic E-state index is 13.5. The monoisotopic (exact) mass is 480 g/mol. The highest BCUT2D eigenvalue weighted by atomic mass is 19.4. The lowest BCUT2D eigenvalue weighted by molar-refractivity contribution is -0.139. The van der Waals surface area contributed by atoms with Crippen LogP contribution in [0.25, 0.3) is 0 Å². The van der Waals surface area contributed by atoms with E-state index in [2.05, 4.69) is 20.4 Å². The van der Waals surface area contributed by atoms with Crippen molar-refractivity contribution in [1.82, 2.24) is 20.4 Å². The van der Waals surface area contributed by atoms with Gasteiger partial charge in [-0.25, -0.2) is 0 Å². The smallest absolute Gasteiger partial charge is 0.343 e. The van der Waals surface area contributed by atoms with E-state index in [9.17, 15) is 22.8 Å². The molecule has 5 atom stereocenters. The van der Waals surface area contributed by atoms with Crippen LogP contribution in [0.15, 0.2) is 24.3 Å². The van der Waals surface area contributed by atoms with E-state index in [0.717, 1.165) is 63.0 Å². The number of alkyl halides is 3. The number of amides is 2. The molecule has 5 unspecified atom stereocenters. The number of halogens is 3. The Kier molecular flexibility index (Phi) is 7.52. The van der Waals surface area contributed by atoms with E-state index in [-0.39, 0.29) is 29.9 Å². The van der Waals surface area contributed by atoms with Gasteiger partial charge in [0, 0.05) is 25.2 Å². The third-order valence-electron chi connectivity index (χ3n) is 7.85. The summed E-state index contributed by atoms with van der Waals surface area (Å²) >= 11 is 0. The predicted octanol–water partition coefficient (Wildman–Crippen LogP) is 2.82. The van der Waals surface area contributed by atoms with Crippen LogP contribution in [0, 0.1) is 5.92 Å². The van der Waals surface area contributed by atoms with Crippen LogP contribution >= 0.6 is 0 Å². The summed E-state index contributed by atoms with van der Waals surface area (Å²) in [6.07, 6.45) is 0.960. The molecule has 6 nitrogen and oxygen atoms in total. The zero-order chi connectivity index (χ0) is 24.5. The normalized spacial score (nSPS) is 28.7. The molecule has 1 aromatic rings. The molecule has 0 aromatic heterocycles. The Hall–Kier alpha value is -2.13. The van der Waals surface area contributed by atoms with Gasteiger partial charge < -0.3 is 20.4 Å². The Balaban J connectivity index is 1.38. The molecule has 0 bridgehead atoms. The molecule has 0 saturated carbocycles. The number of hydrogen-bond acceptors (Lipinski definition) is 4. The minimum Gasteiger partial charge on any atom is -0.343 e. The topological polar surface area (TPSA) is 64.7 Å². The largest absolute Gasteiger partial charge is 0.416 e. The summed E-state index contributed by atoms with van der Waals surface area (Å²) in [4.78, 5) is 30.3. The SMILES string of the molecule is CNC(C)C(=O)NC1CCCC2CC3CCN(CCc4ccc(C(F)(F)F)cc4)CC3N2C1=O. The zero-order valence-electron chi connectivity index (χ0n) is 19.9. The van der Waals surface area contributed by atoms with Crippen LogP contribution < -0.4 is 10.6 Å². The van der Waals surface area contributed by atoms with Crippen molar-refractivity contribution in [3.8, 4) is 0 Å². The lowest BCUT2D eigenvalue weighted by atomic mass is 9.90. The molecule has 1 aromatic carbocycles. The summed E-state index contributed by atoms with van der Waals surface area (Å²) in [6, 6.07) is 4.94. The van der Waals surface area contributed by atoms with Gasteiger partial charge in [-0.3, -0.25) is 9.59 Å². The summed E-state index contributed by atoms with van der Waals surface area (Å²) < 4.78 is 38.4. The van der Waals surface area contributed by atoms with E-state index < -0.39 is 17.8 Å². The Bertz CT molecular complexity index is 876. The van der Waals surface area contributed by atoms with Crippen LogP contribution in [-0.2, 0) is 22.2 Å². The van der Waals surface area contributed by atoms with Gasteiger partial charge in [0.2, 0.25) is 11.8 Å². The first-order valence-corrected chi connectivity index (χ1v) is 12.4. The van der Waals surface area contributed by atoms with Crippen LogP contribution in [0.3, 0.4) is 0 Å². The van der Waals surface area contributed by atoms with Gasteiger partial charge in [0.1, 0.15) is 6.04 Å². The first kappa shape index (κ1) is 25.0. The average molecular weight is 481 g/mol. The molecule has 34 heavy (non-hydrogen) atoms. The van der Waals surface area contributed by atoms with Crippen molar-refractivity contribution >= 4 is 11.8 Å². The van der Waals surface area contributed by atoms with Crippen LogP contribution in [0.1, 0.15) is 50.2 Å². The van der Waals surface area contributed by atoms with Crippen molar-refractivity contribution in [2.24, 2.45) is 5.92 Å². The fraction of sp³-hybridized carbons (Fsp3) is 0.680. The molecule has 0 radical (unpaired) electrons. The molecule has 3 aliphatic heterocycles. The number of carbonyl (C=O) groups is 2. The molecule has 2 N–H and O–H groups in total. The van der Waals surface area contributed by atoms with Crippen LogP contribution in [0.4, 0.5) is 13.2 Å². The van der Waals surface area contributed by atoms with E-state index in [1.165, 1.54) is 0 Å². The maximum atomic E-state index is 13.5. The number of nitrogens with one attached hydrogen (secondary N) is 2. The second kappa shape index (κ2) is 10.2. The number of likely N-dealkylation sites (N-methyl/N-ethyl adjacent to an activating group) is 1. The van der Waals surface area contributed by atoms with Crippen molar-refractivity contribution in [3.63, 3.8) is 0 Å². The molecule has 0 spiro atoms. The number of fused-ring (bicyclic) bond motifs is 3. The third kappa shape index (κ3) is 5.40. The molecule has 2 amide bonds. The lowest BCUT2D eigenvalue weighted by Crippen LogP contribution is -2.57. The van der Waals surface area contributed by atoms with E-state index in [4.69, 9.17) is 0 Å². The van der Waals surface area contributed by atoms with Gasteiger partial charge in [-0.1, -0.05) is 12.1 Å². The van der Waals surface area contributed by atoms with Gasteiger partial charge in [0.25, 0.3) is 0 Å². The van der Waals surface area contributed by atoms with Gasteiger partial charge in [-0.2, -0.15) is 13.2 Å². The van der Waals surface area contributed by atoms with E-state index in [1.54, 1.807) is 26.1 Å². The standard InChI is InChI=1S/C25H35F3N4O2/c1-16(29-2)23(33)30-21-5-3-4-20-14-18-11-13-31(15-22(18)32(20)24(21)34)12-10-17-6-8-19(9-7-17)25(26,27)28/h6-9,16,18,20-22,29H,3-5,10-15H2,1-2H3,(H,30,33). The maximum Gasteiger partial charge on any atom is 0.416 e. The predicted molar refractivity (Wildman–Crippen MR) is 123 cm³/mol. The molecule has 188 valence electrons. The highest BCUT2D eigenvalue weighted by Gasteiger charge is 2.48. The number of piperidine rings is 1. The molecule has 3 heterocycles. The highest BCUT2D eigenvalue weighted by molar-refractivity contribution is 5.90. The molecular formula is C25H35F3N4O2. The van der Waals surface area contributed by atoms with Crippen LogP contribution in [-0.4, -0.2) is 72.5 Å². The van der Waals surface area contributed by atoms with Crippen molar-refractivity contribution < 1.29 is 22.8 Å². The fourth-order valence-corrected chi connectivity index (χ4v) is 5.74. The summed E-state index contributed by atoms with van der Waals surface area (Å²) in [6.45, 7) is 4.25. The molecule has 3 fully saturated rings. The van der Waals surface area contributed by atoms with Crippen LogP contribution in [0.2, 0.25) is 0 Å². The molecular weight excluding hydrogens is 445 g/mol. The molecule has 3 saturated heterocycles. The lowest BCUT2D eigenvalue weighted by Gasteiger charge is -2.40. The minimum atomic E-state index is -4.32. The Morgan fingerprint density at radius 2 is 1.91 bits per heavy atom. The second-order valence-corrected chi connectivity index (χ2v) is 10.00. The Morgan fingerprint density at radius 3 is 2.59 bits per heavy atom. The summed E-state index contributed by atoms with van der Waals surface area (Å²) in [5.41, 5.74) is 0.256. The first-order valence-electron chi connectivity index (χ1n) is 12.4. The number of rotatable bonds is 6. The van der Waals surface area contributed by atoms with Gasteiger partial charge in [-0.15, -0.1) is 0 Å². The van der Waals surface area contributed by atoms with Crippen molar-refractivity contribution in [1.29, 1.82) is 0 Å². The number of carbonyl (C=O) groups excluding carboxylic acids is 2. The van der Waals surface area contributed by atoms with Gasteiger partial charge in [-0.05, 0) is 82.7 Å². The third-order valence-corrected chi connectivity index (χ3v) is 7.85. The Labute approximate surface area is 199 Å². The van der Waals surface area contributed by atoms with Crippen molar-refractivity contribution in [2.75, 3.05) is 26.7 Å². The summed E-state index contributed by atoms with van der Waals surface area (Å²) in [5.74, 6) is 0.357. The number of likely N-dealkylation sites (tertiary alicyclic amines) is 1. The Morgan fingerprint density at radius 1 is 1.18 bits per heavy atom. The molecule has 3 aliphatic rings. The number of hydrogen-bond donors (Lipinski definition) is 2. The van der Waals surface area contributed by atoms with Crippen LogP contribution in [0.5, 0.6) is 0 Å².